The minimum absolute atomic E-state index is 0.245. The van der Waals surface area contributed by atoms with Gasteiger partial charge >= 0.3 is 5.97 Å². The highest BCUT2D eigenvalue weighted by Gasteiger charge is 2.25. The number of piperidine rings is 1. The molecule has 2 aromatic rings. The van der Waals surface area contributed by atoms with Crippen molar-refractivity contribution in [2.24, 2.45) is 5.92 Å². The molecule has 2 N–H and O–H groups in total. The number of anilines is 2. The number of hydrogen-bond acceptors (Lipinski definition) is 5. The summed E-state index contributed by atoms with van der Waals surface area (Å²) in [5.74, 6) is 0.434. The third-order valence-corrected chi connectivity index (χ3v) is 4.42. The van der Waals surface area contributed by atoms with Crippen LogP contribution in [0.2, 0.25) is 5.02 Å². The molecule has 0 aliphatic carbocycles. The number of benzene rings is 1. The first-order valence-electron chi connectivity index (χ1n) is 7.91. The Labute approximate surface area is 145 Å². The predicted molar refractivity (Wildman–Crippen MR) is 93.4 cm³/mol. The zero-order chi connectivity index (χ0) is 16.9. The lowest BCUT2D eigenvalue weighted by atomic mass is 9.97. The van der Waals surface area contributed by atoms with Gasteiger partial charge in [0.2, 0.25) is 5.95 Å². The Kier molecular flexibility index (Phi) is 5.15. The number of aliphatic carboxylic acids is 1. The first-order valence-corrected chi connectivity index (χ1v) is 8.29. The standard InChI is InChI=1S/C17H19ClN4O2/c18-14-3-1-12(2-4-14)11-20-17-19-8-5-15(21-17)22-9-6-13(7-10-22)16(23)24/h1-5,8,13H,6-7,9-11H2,(H,23,24)(H,19,20,21). The number of nitrogens with one attached hydrogen (secondary N) is 1. The summed E-state index contributed by atoms with van der Waals surface area (Å²) in [6, 6.07) is 9.46. The quantitative estimate of drug-likeness (QED) is 0.866. The van der Waals surface area contributed by atoms with Gasteiger partial charge in [-0.2, -0.15) is 4.98 Å². The summed E-state index contributed by atoms with van der Waals surface area (Å²) in [7, 11) is 0. The highest BCUT2D eigenvalue weighted by molar-refractivity contribution is 6.30. The topological polar surface area (TPSA) is 78.3 Å². The molecule has 0 radical (unpaired) electrons. The molecule has 0 amide bonds. The van der Waals surface area contributed by atoms with Gasteiger partial charge in [0.15, 0.2) is 0 Å². The number of carboxylic acids is 1. The van der Waals surface area contributed by atoms with E-state index in [1.807, 2.05) is 30.3 Å². The highest BCUT2D eigenvalue weighted by Crippen LogP contribution is 2.22. The highest BCUT2D eigenvalue weighted by atomic mass is 35.5. The Hall–Kier alpha value is -2.34. The maximum atomic E-state index is 11.0. The molecule has 0 saturated carbocycles. The van der Waals surface area contributed by atoms with Crippen LogP contribution in [0.25, 0.3) is 0 Å². The largest absolute Gasteiger partial charge is 0.481 e. The molecule has 1 aliphatic rings. The molecule has 24 heavy (non-hydrogen) atoms. The van der Waals surface area contributed by atoms with E-state index in [-0.39, 0.29) is 5.92 Å². The van der Waals surface area contributed by atoms with E-state index < -0.39 is 5.97 Å². The molecule has 126 valence electrons. The number of halogens is 1. The fourth-order valence-electron chi connectivity index (χ4n) is 2.75. The van der Waals surface area contributed by atoms with Gasteiger partial charge in [-0.3, -0.25) is 4.79 Å². The van der Waals surface area contributed by atoms with Gasteiger partial charge < -0.3 is 15.3 Å². The first-order chi connectivity index (χ1) is 11.6. The van der Waals surface area contributed by atoms with Gasteiger partial charge in [0.25, 0.3) is 0 Å². The number of aromatic nitrogens is 2. The van der Waals surface area contributed by atoms with E-state index in [2.05, 4.69) is 20.2 Å². The van der Waals surface area contributed by atoms with Crippen molar-refractivity contribution < 1.29 is 9.90 Å². The predicted octanol–water partition coefficient (Wildman–Crippen LogP) is 3.04. The van der Waals surface area contributed by atoms with Crippen molar-refractivity contribution in [1.29, 1.82) is 0 Å². The maximum Gasteiger partial charge on any atom is 0.306 e. The zero-order valence-corrected chi connectivity index (χ0v) is 13.9. The normalized spacial score (nSPS) is 15.3. The van der Waals surface area contributed by atoms with Crippen LogP contribution in [-0.2, 0) is 11.3 Å². The van der Waals surface area contributed by atoms with Crippen LogP contribution >= 0.6 is 11.6 Å². The lowest BCUT2D eigenvalue weighted by molar-refractivity contribution is -0.142. The summed E-state index contributed by atoms with van der Waals surface area (Å²) < 4.78 is 0. The molecule has 0 bridgehead atoms. The van der Waals surface area contributed by atoms with E-state index in [4.69, 9.17) is 16.7 Å². The Morgan fingerprint density at radius 1 is 1.25 bits per heavy atom. The van der Waals surface area contributed by atoms with Crippen molar-refractivity contribution in [3.63, 3.8) is 0 Å². The van der Waals surface area contributed by atoms with Crippen molar-refractivity contribution in [3.8, 4) is 0 Å². The summed E-state index contributed by atoms with van der Waals surface area (Å²) in [5.41, 5.74) is 1.09. The van der Waals surface area contributed by atoms with Crippen molar-refractivity contribution >= 4 is 29.3 Å². The van der Waals surface area contributed by atoms with Crippen molar-refractivity contribution in [2.75, 3.05) is 23.3 Å². The van der Waals surface area contributed by atoms with Crippen LogP contribution in [0.3, 0.4) is 0 Å². The Balaban J connectivity index is 1.60. The fraction of sp³-hybridized carbons (Fsp3) is 0.353. The minimum Gasteiger partial charge on any atom is -0.481 e. The minimum atomic E-state index is -0.706. The second kappa shape index (κ2) is 7.49. The van der Waals surface area contributed by atoms with E-state index in [1.165, 1.54) is 0 Å². The average molecular weight is 347 g/mol. The van der Waals surface area contributed by atoms with Gasteiger partial charge in [-0.25, -0.2) is 4.98 Å². The first kappa shape index (κ1) is 16.5. The summed E-state index contributed by atoms with van der Waals surface area (Å²) in [5, 5.41) is 13.0. The molecule has 1 aliphatic heterocycles. The van der Waals surface area contributed by atoms with Crippen LogP contribution in [0.5, 0.6) is 0 Å². The zero-order valence-electron chi connectivity index (χ0n) is 13.2. The lowest BCUT2D eigenvalue weighted by Crippen LogP contribution is -2.36. The summed E-state index contributed by atoms with van der Waals surface area (Å²) in [6.45, 7) is 2.01. The Morgan fingerprint density at radius 2 is 1.96 bits per heavy atom. The van der Waals surface area contributed by atoms with E-state index >= 15 is 0 Å². The van der Waals surface area contributed by atoms with Crippen LogP contribution in [0.1, 0.15) is 18.4 Å². The van der Waals surface area contributed by atoms with Gasteiger partial charge in [-0.15, -0.1) is 0 Å². The van der Waals surface area contributed by atoms with E-state index in [0.29, 0.717) is 43.4 Å². The van der Waals surface area contributed by atoms with Gasteiger partial charge in [-0.1, -0.05) is 23.7 Å². The van der Waals surface area contributed by atoms with Crippen LogP contribution in [0.15, 0.2) is 36.5 Å². The van der Waals surface area contributed by atoms with Gasteiger partial charge in [-0.05, 0) is 36.6 Å². The van der Waals surface area contributed by atoms with E-state index in [0.717, 1.165) is 11.4 Å². The van der Waals surface area contributed by atoms with Crippen LogP contribution in [-0.4, -0.2) is 34.1 Å². The second-order valence-corrected chi connectivity index (χ2v) is 6.25. The van der Waals surface area contributed by atoms with Gasteiger partial charge in [0.05, 0.1) is 5.92 Å². The molecule has 0 unspecified atom stereocenters. The SMILES string of the molecule is O=C(O)C1CCN(c2ccnc(NCc3ccc(Cl)cc3)n2)CC1. The Morgan fingerprint density at radius 3 is 2.62 bits per heavy atom. The molecule has 6 nitrogen and oxygen atoms in total. The third kappa shape index (κ3) is 4.14. The van der Waals surface area contributed by atoms with E-state index in [9.17, 15) is 4.79 Å². The van der Waals surface area contributed by atoms with Crippen LogP contribution in [0.4, 0.5) is 11.8 Å². The van der Waals surface area contributed by atoms with Gasteiger partial charge in [0.1, 0.15) is 5.82 Å². The number of nitrogens with zero attached hydrogens (tertiary/aromatic N) is 3. The van der Waals surface area contributed by atoms with Crippen LogP contribution < -0.4 is 10.2 Å². The number of rotatable bonds is 5. The van der Waals surface area contributed by atoms with Crippen molar-refractivity contribution in [2.45, 2.75) is 19.4 Å². The molecule has 1 fully saturated rings. The summed E-state index contributed by atoms with van der Waals surface area (Å²) >= 11 is 5.88. The molecule has 2 heterocycles. The van der Waals surface area contributed by atoms with Crippen molar-refractivity contribution in [3.05, 3.63) is 47.1 Å². The molecule has 1 aromatic carbocycles. The van der Waals surface area contributed by atoms with Gasteiger partial charge in [0, 0.05) is 30.9 Å². The maximum absolute atomic E-state index is 11.0. The molecule has 0 atom stereocenters. The third-order valence-electron chi connectivity index (χ3n) is 4.17. The van der Waals surface area contributed by atoms with Crippen molar-refractivity contribution in [1.82, 2.24) is 9.97 Å². The summed E-state index contributed by atoms with van der Waals surface area (Å²) in [6.07, 6.45) is 3.01. The Bertz CT molecular complexity index is 700. The molecule has 0 spiro atoms. The monoisotopic (exact) mass is 346 g/mol. The van der Waals surface area contributed by atoms with E-state index in [1.54, 1.807) is 6.20 Å². The molecular formula is C17H19ClN4O2. The number of carbonyl (C=O) groups is 1. The molecule has 1 saturated heterocycles. The summed E-state index contributed by atoms with van der Waals surface area (Å²) in [4.78, 5) is 21.9. The fourth-order valence-corrected chi connectivity index (χ4v) is 2.88. The average Bonchev–Trinajstić information content (AvgIpc) is 2.61. The smallest absolute Gasteiger partial charge is 0.306 e. The van der Waals surface area contributed by atoms with Crippen LogP contribution in [0, 0.1) is 5.92 Å². The molecule has 7 heteroatoms. The second-order valence-electron chi connectivity index (χ2n) is 5.82. The number of carboxylic acid groups (broad SMARTS) is 1. The number of hydrogen-bond donors (Lipinski definition) is 2. The lowest BCUT2D eigenvalue weighted by Gasteiger charge is -2.31. The molecule has 3 rings (SSSR count). The molecular weight excluding hydrogens is 328 g/mol. The molecule has 1 aromatic heterocycles.